The van der Waals surface area contributed by atoms with Crippen LogP contribution in [0.1, 0.15) is 66.7 Å². The van der Waals surface area contributed by atoms with Crippen molar-refractivity contribution in [1.82, 2.24) is 10.6 Å². The summed E-state index contributed by atoms with van der Waals surface area (Å²) in [4.78, 5) is 4.67. The molecule has 0 aliphatic carbocycles. The van der Waals surface area contributed by atoms with Crippen LogP contribution in [-0.4, -0.2) is 46.0 Å². The van der Waals surface area contributed by atoms with E-state index in [1.54, 1.807) is 0 Å². The highest BCUT2D eigenvalue weighted by Crippen LogP contribution is 2.21. The van der Waals surface area contributed by atoms with Crippen molar-refractivity contribution in [3.8, 4) is 0 Å². The van der Waals surface area contributed by atoms with Crippen LogP contribution in [0, 0.1) is 11.3 Å². The summed E-state index contributed by atoms with van der Waals surface area (Å²) in [6.07, 6.45) is 6.85. The molecule has 0 aliphatic rings. The van der Waals surface area contributed by atoms with Crippen molar-refractivity contribution in [1.29, 1.82) is 0 Å². The molecule has 0 aliphatic heterocycles. The molecule has 6 heteroatoms. The molecule has 2 N–H and O–H groups in total. The zero-order chi connectivity index (χ0) is 18.6. The first-order valence-corrected chi connectivity index (χ1v) is 11.4. The molecular formula is C18H39N3O2S. The zero-order valence-corrected chi connectivity index (χ0v) is 17.4. The van der Waals surface area contributed by atoms with E-state index in [9.17, 15) is 8.42 Å². The Kier molecular flexibility index (Phi) is 11.3. The zero-order valence-electron chi connectivity index (χ0n) is 16.6. The van der Waals surface area contributed by atoms with Gasteiger partial charge in [0.05, 0.1) is 5.75 Å². The second-order valence-electron chi connectivity index (χ2n) is 7.54. The normalized spacial score (nSPS) is 14.5. The van der Waals surface area contributed by atoms with E-state index in [0.717, 1.165) is 19.0 Å². The van der Waals surface area contributed by atoms with Gasteiger partial charge in [-0.1, -0.05) is 47.0 Å². The molecule has 0 bridgehead atoms. The van der Waals surface area contributed by atoms with E-state index in [1.807, 2.05) is 0 Å². The first-order valence-electron chi connectivity index (χ1n) is 9.33. The minimum atomic E-state index is -2.92. The first kappa shape index (κ1) is 23.2. The average molecular weight is 362 g/mol. The fourth-order valence-corrected chi connectivity index (χ4v) is 3.28. The molecule has 0 radical (unpaired) electrons. The van der Waals surface area contributed by atoms with Crippen molar-refractivity contribution in [3.05, 3.63) is 0 Å². The Bertz CT molecular complexity index is 459. The van der Waals surface area contributed by atoms with Gasteiger partial charge in [-0.2, -0.15) is 0 Å². The van der Waals surface area contributed by atoms with E-state index in [2.05, 4.69) is 50.2 Å². The molecule has 0 heterocycles. The third-order valence-electron chi connectivity index (χ3n) is 4.26. The molecule has 24 heavy (non-hydrogen) atoms. The second kappa shape index (κ2) is 11.7. The molecule has 5 nitrogen and oxygen atoms in total. The van der Waals surface area contributed by atoms with Gasteiger partial charge in [0.15, 0.2) is 5.96 Å². The van der Waals surface area contributed by atoms with E-state index in [4.69, 9.17) is 0 Å². The van der Waals surface area contributed by atoms with Crippen LogP contribution in [0.25, 0.3) is 0 Å². The Morgan fingerprint density at radius 3 is 2.33 bits per heavy atom. The Morgan fingerprint density at radius 1 is 1.17 bits per heavy atom. The quantitative estimate of drug-likeness (QED) is 0.414. The van der Waals surface area contributed by atoms with Gasteiger partial charge in [0, 0.05) is 25.9 Å². The lowest BCUT2D eigenvalue weighted by atomic mass is 9.90. The number of guanidine groups is 1. The third-order valence-corrected chi connectivity index (χ3v) is 5.21. The maximum atomic E-state index is 11.4. The highest BCUT2D eigenvalue weighted by atomic mass is 32.2. The summed E-state index contributed by atoms with van der Waals surface area (Å²) in [5.41, 5.74) is -0.127. The summed E-state index contributed by atoms with van der Waals surface area (Å²) in [5.74, 6) is 1.72. The van der Waals surface area contributed by atoms with Gasteiger partial charge in [0.25, 0.3) is 0 Å². The molecule has 0 saturated carbocycles. The van der Waals surface area contributed by atoms with Crippen LogP contribution >= 0.6 is 0 Å². The molecule has 0 aromatic heterocycles. The summed E-state index contributed by atoms with van der Waals surface area (Å²) >= 11 is 0. The second-order valence-corrected chi connectivity index (χ2v) is 9.80. The summed E-state index contributed by atoms with van der Waals surface area (Å²) in [5, 5.41) is 6.73. The summed E-state index contributed by atoms with van der Waals surface area (Å²) in [6.45, 7) is 13.0. The summed E-state index contributed by atoms with van der Waals surface area (Å²) < 4.78 is 22.7. The van der Waals surface area contributed by atoms with E-state index >= 15 is 0 Å². The highest BCUT2D eigenvalue weighted by Gasteiger charge is 2.20. The van der Waals surface area contributed by atoms with Crippen LogP contribution in [0.5, 0.6) is 0 Å². The lowest BCUT2D eigenvalue weighted by molar-refractivity contribution is 0.365. The monoisotopic (exact) mass is 361 g/mol. The van der Waals surface area contributed by atoms with Crippen molar-refractivity contribution < 1.29 is 8.42 Å². The Balaban J connectivity index is 4.58. The Labute approximate surface area is 150 Å². The van der Waals surface area contributed by atoms with Gasteiger partial charge >= 0.3 is 0 Å². The molecule has 0 saturated heterocycles. The summed E-state index contributed by atoms with van der Waals surface area (Å²) in [7, 11) is -2.92. The van der Waals surface area contributed by atoms with Gasteiger partial charge in [0.1, 0.15) is 9.84 Å². The third kappa shape index (κ3) is 12.6. The molecule has 0 fully saturated rings. The van der Waals surface area contributed by atoms with Crippen molar-refractivity contribution in [2.45, 2.75) is 66.7 Å². The fourth-order valence-electron chi connectivity index (χ4n) is 2.36. The van der Waals surface area contributed by atoms with Gasteiger partial charge in [-0.25, -0.2) is 8.42 Å². The van der Waals surface area contributed by atoms with Gasteiger partial charge in [0.2, 0.25) is 0 Å². The van der Waals surface area contributed by atoms with Gasteiger partial charge in [-0.3, -0.25) is 4.99 Å². The molecule has 1 unspecified atom stereocenters. The van der Waals surface area contributed by atoms with Crippen LogP contribution in [0.3, 0.4) is 0 Å². The Morgan fingerprint density at radius 2 is 1.83 bits per heavy atom. The van der Waals surface area contributed by atoms with Crippen molar-refractivity contribution in [3.63, 3.8) is 0 Å². The standard InChI is InChI=1S/C18H39N3O2S/c1-7-10-11-16(8-2)14-20-17(19-9-3)21-15-18(4,5)12-13-24(6,22)23/h16H,7-15H2,1-6H3,(H2,19,20,21). The minimum absolute atomic E-state index is 0.127. The van der Waals surface area contributed by atoms with Crippen molar-refractivity contribution in [2.24, 2.45) is 16.3 Å². The first-order chi connectivity index (χ1) is 11.1. The van der Waals surface area contributed by atoms with E-state index < -0.39 is 9.84 Å². The predicted octanol–water partition coefficient (Wildman–Crippen LogP) is 3.22. The van der Waals surface area contributed by atoms with Gasteiger partial charge < -0.3 is 10.6 Å². The van der Waals surface area contributed by atoms with Gasteiger partial charge in [-0.05, 0) is 31.1 Å². The average Bonchev–Trinajstić information content (AvgIpc) is 2.50. The van der Waals surface area contributed by atoms with E-state index in [0.29, 0.717) is 18.9 Å². The van der Waals surface area contributed by atoms with Crippen LogP contribution < -0.4 is 10.6 Å². The highest BCUT2D eigenvalue weighted by molar-refractivity contribution is 7.90. The molecule has 144 valence electrons. The predicted molar refractivity (Wildman–Crippen MR) is 105 cm³/mol. The molecule has 0 aromatic rings. The topological polar surface area (TPSA) is 70.6 Å². The lowest BCUT2D eigenvalue weighted by Gasteiger charge is -2.23. The molecule has 0 aromatic carbocycles. The minimum Gasteiger partial charge on any atom is -0.357 e. The van der Waals surface area contributed by atoms with Crippen LogP contribution in [0.4, 0.5) is 0 Å². The SMILES string of the molecule is CCCCC(CC)CNC(=NCC(C)(C)CCS(C)(=O)=O)NCC. The van der Waals surface area contributed by atoms with Crippen molar-refractivity contribution >= 4 is 15.8 Å². The number of hydrogen-bond donors (Lipinski definition) is 2. The lowest BCUT2D eigenvalue weighted by Crippen LogP contribution is -2.40. The molecular weight excluding hydrogens is 322 g/mol. The number of nitrogens with zero attached hydrogens (tertiary/aromatic N) is 1. The maximum absolute atomic E-state index is 11.4. The number of aliphatic imine (C=N–C) groups is 1. The molecule has 1 atom stereocenters. The molecule has 0 rings (SSSR count). The van der Waals surface area contributed by atoms with E-state index in [1.165, 1.54) is 31.9 Å². The van der Waals surface area contributed by atoms with Gasteiger partial charge in [-0.15, -0.1) is 0 Å². The number of sulfone groups is 1. The fraction of sp³-hybridized carbons (Fsp3) is 0.944. The summed E-state index contributed by atoms with van der Waals surface area (Å²) in [6, 6.07) is 0. The van der Waals surface area contributed by atoms with Crippen LogP contribution in [-0.2, 0) is 9.84 Å². The number of nitrogens with one attached hydrogen (secondary N) is 2. The number of unbranched alkanes of at least 4 members (excludes halogenated alkanes) is 1. The Hall–Kier alpha value is -0.780. The maximum Gasteiger partial charge on any atom is 0.191 e. The smallest absolute Gasteiger partial charge is 0.191 e. The van der Waals surface area contributed by atoms with Crippen molar-refractivity contribution in [2.75, 3.05) is 31.6 Å². The van der Waals surface area contributed by atoms with Crippen LogP contribution in [0.15, 0.2) is 4.99 Å². The molecule has 0 amide bonds. The number of hydrogen-bond acceptors (Lipinski definition) is 3. The molecule has 0 spiro atoms. The number of rotatable bonds is 12. The largest absolute Gasteiger partial charge is 0.357 e. The van der Waals surface area contributed by atoms with Crippen LogP contribution in [0.2, 0.25) is 0 Å². The van der Waals surface area contributed by atoms with E-state index in [-0.39, 0.29) is 11.2 Å².